The van der Waals surface area contributed by atoms with Crippen molar-refractivity contribution >= 4 is 28.7 Å². The Labute approximate surface area is 199 Å². The largest absolute Gasteiger partial charge is 0.383 e. The molecule has 4 aromatic rings. The molecule has 34 heavy (non-hydrogen) atoms. The number of rotatable bonds is 8. The summed E-state index contributed by atoms with van der Waals surface area (Å²) >= 11 is 1.29. The molecule has 3 N–H and O–H groups in total. The lowest BCUT2D eigenvalue weighted by Gasteiger charge is -2.25. The molecule has 174 valence electrons. The van der Waals surface area contributed by atoms with Gasteiger partial charge in [0, 0.05) is 12.7 Å². The predicted molar refractivity (Wildman–Crippen MR) is 134 cm³/mol. The zero-order valence-electron chi connectivity index (χ0n) is 18.6. The maximum Gasteiger partial charge on any atom is 0.330 e. The number of nitrogen functional groups attached to an aromatic ring is 1. The first-order valence-corrected chi connectivity index (χ1v) is 11.5. The quantitative estimate of drug-likeness (QED) is 0.405. The number of carbonyl (C=O) groups excluding carboxylic acids is 1. The second-order valence-corrected chi connectivity index (χ2v) is 8.46. The van der Waals surface area contributed by atoms with Gasteiger partial charge >= 0.3 is 5.69 Å². The normalized spacial score (nSPS) is 10.9. The van der Waals surface area contributed by atoms with Crippen LogP contribution in [0.2, 0.25) is 0 Å². The van der Waals surface area contributed by atoms with E-state index < -0.39 is 11.2 Å². The number of amides is 1. The van der Waals surface area contributed by atoms with Gasteiger partial charge < -0.3 is 10.5 Å². The summed E-state index contributed by atoms with van der Waals surface area (Å²) in [5, 5.41) is 1.84. The van der Waals surface area contributed by atoms with Crippen molar-refractivity contribution in [3.8, 4) is 11.1 Å². The van der Waals surface area contributed by atoms with Crippen LogP contribution in [0.4, 0.5) is 11.5 Å². The number of nitrogens with two attached hydrogens (primary N) is 1. The lowest BCUT2D eigenvalue weighted by Crippen LogP contribution is -2.41. The summed E-state index contributed by atoms with van der Waals surface area (Å²) in [4.78, 5) is 43.4. The van der Waals surface area contributed by atoms with E-state index in [-0.39, 0.29) is 37.1 Å². The SMILES string of the molecule is COCCn1c(N)c(N(Cc2ccccc2)C(=O)c2sccc2-c2ccccc2)c(=O)[nH]c1=O. The molecule has 4 rings (SSSR count). The molecule has 2 aromatic carbocycles. The maximum absolute atomic E-state index is 13.9. The zero-order valence-corrected chi connectivity index (χ0v) is 19.4. The molecule has 0 aliphatic carbocycles. The van der Waals surface area contributed by atoms with Gasteiger partial charge in [0.05, 0.1) is 19.7 Å². The molecule has 0 saturated carbocycles. The molecule has 0 bridgehead atoms. The fraction of sp³-hybridized carbons (Fsp3) is 0.160. The van der Waals surface area contributed by atoms with Crippen molar-refractivity contribution in [3.63, 3.8) is 0 Å². The highest BCUT2D eigenvalue weighted by atomic mass is 32.1. The van der Waals surface area contributed by atoms with Crippen LogP contribution in [0, 0.1) is 0 Å². The molecule has 0 aliphatic heterocycles. The van der Waals surface area contributed by atoms with E-state index in [2.05, 4.69) is 4.98 Å². The Bertz CT molecular complexity index is 1390. The van der Waals surface area contributed by atoms with Gasteiger partial charge in [0.2, 0.25) is 0 Å². The van der Waals surface area contributed by atoms with Crippen LogP contribution in [0.3, 0.4) is 0 Å². The molecular formula is C25H24N4O4S. The van der Waals surface area contributed by atoms with E-state index in [0.717, 1.165) is 16.7 Å². The molecule has 2 heterocycles. The van der Waals surface area contributed by atoms with Crippen LogP contribution in [0.1, 0.15) is 15.2 Å². The number of ether oxygens (including phenoxy) is 1. The van der Waals surface area contributed by atoms with Crippen molar-refractivity contribution in [2.75, 3.05) is 24.4 Å². The number of carbonyl (C=O) groups is 1. The Balaban J connectivity index is 1.86. The topological polar surface area (TPSA) is 110 Å². The van der Waals surface area contributed by atoms with Crippen molar-refractivity contribution in [1.29, 1.82) is 0 Å². The Kier molecular flexibility index (Phi) is 7.05. The van der Waals surface area contributed by atoms with E-state index in [1.807, 2.05) is 72.1 Å². The lowest BCUT2D eigenvalue weighted by molar-refractivity contribution is 0.0989. The number of anilines is 2. The molecule has 0 aliphatic rings. The number of H-pyrrole nitrogens is 1. The van der Waals surface area contributed by atoms with E-state index in [1.54, 1.807) is 0 Å². The molecule has 9 heteroatoms. The highest BCUT2D eigenvalue weighted by Crippen LogP contribution is 2.31. The third-order valence-corrected chi connectivity index (χ3v) is 6.28. The number of nitrogens with zero attached hydrogens (tertiary/aromatic N) is 2. The number of thiophene rings is 1. The van der Waals surface area contributed by atoms with Crippen LogP contribution in [0.5, 0.6) is 0 Å². The van der Waals surface area contributed by atoms with Gasteiger partial charge in [-0.3, -0.25) is 24.0 Å². The first kappa shape index (κ1) is 23.2. The van der Waals surface area contributed by atoms with Gasteiger partial charge in [0.1, 0.15) is 10.7 Å². The maximum atomic E-state index is 13.9. The fourth-order valence-corrected chi connectivity index (χ4v) is 4.57. The van der Waals surface area contributed by atoms with Crippen molar-refractivity contribution in [2.24, 2.45) is 0 Å². The first-order valence-electron chi connectivity index (χ1n) is 10.6. The van der Waals surface area contributed by atoms with Crippen LogP contribution >= 0.6 is 11.3 Å². The van der Waals surface area contributed by atoms with Crippen LogP contribution in [-0.2, 0) is 17.8 Å². The van der Waals surface area contributed by atoms with Crippen LogP contribution in [0.15, 0.2) is 81.7 Å². The van der Waals surface area contributed by atoms with Gasteiger partial charge in [-0.2, -0.15) is 0 Å². The van der Waals surface area contributed by atoms with E-state index in [0.29, 0.717) is 4.88 Å². The van der Waals surface area contributed by atoms with E-state index >= 15 is 0 Å². The summed E-state index contributed by atoms with van der Waals surface area (Å²) in [6, 6.07) is 20.7. The number of hydrogen-bond acceptors (Lipinski definition) is 6. The Morgan fingerprint density at radius 1 is 1.06 bits per heavy atom. The van der Waals surface area contributed by atoms with Crippen LogP contribution < -0.4 is 21.9 Å². The van der Waals surface area contributed by atoms with Crippen molar-refractivity contribution in [2.45, 2.75) is 13.1 Å². The Hall–Kier alpha value is -3.95. The Morgan fingerprint density at radius 2 is 1.74 bits per heavy atom. The second-order valence-electron chi connectivity index (χ2n) is 7.54. The van der Waals surface area contributed by atoms with Gasteiger partial charge in [-0.1, -0.05) is 60.7 Å². The molecule has 0 radical (unpaired) electrons. The standard InChI is InChI=1S/C25H24N4O4S/c1-33-14-13-28-22(26)20(23(30)27-25(28)32)29(16-17-8-4-2-5-9-17)24(31)21-19(12-15-34-21)18-10-6-3-7-11-18/h2-12,15H,13-14,16,26H2,1H3,(H,27,30,32). The monoisotopic (exact) mass is 476 g/mol. The van der Waals surface area contributed by atoms with E-state index in [1.165, 1.54) is 27.9 Å². The third kappa shape index (κ3) is 4.70. The summed E-state index contributed by atoms with van der Waals surface area (Å²) in [5.74, 6) is -0.472. The number of aromatic nitrogens is 2. The van der Waals surface area contributed by atoms with Crippen molar-refractivity contribution < 1.29 is 9.53 Å². The van der Waals surface area contributed by atoms with Gasteiger partial charge in [0.15, 0.2) is 5.69 Å². The summed E-state index contributed by atoms with van der Waals surface area (Å²) in [6.45, 7) is 0.444. The smallest absolute Gasteiger partial charge is 0.330 e. The number of hydrogen-bond donors (Lipinski definition) is 2. The fourth-order valence-electron chi connectivity index (χ4n) is 3.70. The number of benzene rings is 2. The highest BCUT2D eigenvalue weighted by molar-refractivity contribution is 7.12. The molecule has 0 saturated heterocycles. The molecular weight excluding hydrogens is 452 g/mol. The predicted octanol–water partition coefficient (Wildman–Crippen LogP) is 3.34. The van der Waals surface area contributed by atoms with Gasteiger partial charge in [-0.25, -0.2) is 4.79 Å². The summed E-state index contributed by atoms with van der Waals surface area (Å²) in [5.41, 5.74) is 7.32. The minimum Gasteiger partial charge on any atom is -0.383 e. The third-order valence-electron chi connectivity index (χ3n) is 5.38. The van der Waals surface area contributed by atoms with E-state index in [9.17, 15) is 14.4 Å². The van der Waals surface area contributed by atoms with Crippen molar-refractivity contribution in [3.05, 3.63) is 103 Å². The number of nitrogens with one attached hydrogen (secondary N) is 1. The molecule has 0 fully saturated rings. The molecule has 1 amide bonds. The minimum absolute atomic E-state index is 0.0723. The summed E-state index contributed by atoms with van der Waals surface area (Å²) in [7, 11) is 1.50. The Morgan fingerprint density at radius 3 is 2.41 bits per heavy atom. The molecule has 0 atom stereocenters. The average molecular weight is 477 g/mol. The summed E-state index contributed by atoms with van der Waals surface area (Å²) in [6.07, 6.45) is 0. The number of aromatic amines is 1. The molecule has 8 nitrogen and oxygen atoms in total. The highest BCUT2D eigenvalue weighted by Gasteiger charge is 2.28. The zero-order chi connectivity index (χ0) is 24.1. The summed E-state index contributed by atoms with van der Waals surface area (Å²) < 4.78 is 6.27. The van der Waals surface area contributed by atoms with Gasteiger partial charge in [-0.15, -0.1) is 11.3 Å². The van der Waals surface area contributed by atoms with Crippen molar-refractivity contribution in [1.82, 2.24) is 9.55 Å². The second kappa shape index (κ2) is 10.3. The first-order chi connectivity index (χ1) is 16.5. The molecule has 0 unspecified atom stereocenters. The van der Waals surface area contributed by atoms with Crippen LogP contribution in [-0.4, -0.2) is 29.2 Å². The molecule has 2 aromatic heterocycles. The lowest BCUT2D eigenvalue weighted by atomic mass is 10.1. The number of methoxy groups -OCH3 is 1. The van der Waals surface area contributed by atoms with Crippen LogP contribution in [0.25, 0.3) is 11.1 Å². The average Bonchev–Trinajstić information content (AvgIpc) is 3.34. The van der Waals surface area contributed by atoms with E-state index in [4.69, 9.17) is 10.5 Å². The van der Waals surface area contributed by atoms with Gasteiger partial charge in [0.25, 0.3) is 11.5 Å². The van der Waals surface area contributed by atoms with Gasteiger partial charge in [-0.05, 0) is 22.6 Å². The molecule has 0 spiro atoms. The minimum atomic E-state index is -0.724.